The Kier molecular flexibility index (Phi) is 4.31. The summed E-state index contributed by atoms with van der Waals surface area (Å²) in [5.41, 5.74) is 6.38. The van der Waals surface area contributed by atoms with Crippen LogP contribution in [0.25, 0.3) is 6.08 Å². The largest absolute Gasteiger partial charge is 0.279 e. The second-order valence-corrected chi connectivity index (χ2v) is 4.03. The number of nitrogens with zero attached hydrogens (tertiary/aromatic N) is 1. The quantitative estimate of drug-likeness (QED) is 0.627. The molecule has 2 aromatic rings. The van der Waals surface area contributed by atoms with Gasteiger partial charge in [0.25, 0.3) is 0 Å². The standard InChI is InChI=1S/C16H16N2/c1-14-9-11-16(12-10-14)18-17-13-5-8-15-6-3-2-4-7-15/h2-13,18H,1H3. The minimum atomic E-state index is 0.991. The third-order valence-corrected chi connectivity index (χ3v) is 2.49. The first-order chi connectivity index (χ1) is 8.84. The molecule has 2 rings (SSSR count). The van der Waals surface area contributed by atoms with Gasteiger partial charge in [-0.15, -0.1) is 0 Å². The second-order valence-electron chi connectivity index (χ2n) is 4.03. The average Bonchev–Trinajstić information content (AvgIpc) is 2.42. The van der Waals surface area contributed by atoms with Gasteiger partial charge in [0.1, 0.15) is 0 Å². The van der Waals surface area contributed by atoms with E-state index in [0.717, 1.165) is 5.69 Å². The van der Waals surface area contributed by atoms with Crippen molar-refractivity contribution in [2.45, 2.75) is 6.92 Å². The van der Waals surface area contributed by atoms with Gasteiger partial charge in [0.15, 0.2) is 0 Å². The van der Waals surface area contributed by atoms with E-state index in [-0.39, 0.29) is 0 Å². The fraction of sp³-hybridized carbons (Fsp3) is 0.0625. The van der Waals surface area contributed by atoms with Crippen molar-refractivity contribution in [2.24, 2.45) is 5.10 Å². The molecule has 90 valence electrons. The fourth-order valence-electron chi connectivity index (χ4n) is 1.50. The predicted molar refractivity (Wildman–Crippen MR) is 78.8 cm³/mol. The molecule has 0 fully saturated rings. The zero-order valence-electron chi connectivity index (χ0n) is 10.4. The maximum absolute atomic E-state index is 4.12. The van der Waals surface area contributed by atoms with Crippen molar-refractivity contribution in [2.75, 3.05) is 5.43 Å². The van der Waals surface area contributed by atoms with Crippen LogP contribution in [0.15, 0.2) is 65.8 Å². The molecule has 2 aromatic carbocycles. The minimum absolute atomic E-state index is 0.991. The number of hydrazone groups is 1. The highest BCUT2D eigenvalue weighted by Crippen LogP contribution is 2.07. The summed E-state index contributed by atoms with van der Waals surface area (Å²) >= 11 is 0. The Hall–Kier alpha value is -2.35. The van der Waals surface area contributed by atoms with Crippen LogP contribution in [-0.4, -0.2) is 6.21 Å². The van der Waals surface area contributed by atoms with E-state index in [1.807, 2.05) is 42.5 Å². The van der Waals surface area contributed by atoms with Gasteiger partial charge in [-0.25, -0.2) is 0 Å². The molecule has 1 N–H and O–H groups in total. The van der Waals surface area contributed by atoms with E-state index in [1.54, 1.807) is 6.21 Å². The van der Waals surface area contributed by atoms with Gasteiger partial charge < -0.3 is 0 Å². The summed E-state index contributed by atoms with van der Waals surface area (Å²) in [4.78, 5) is 0. The number of benzene rings is 2. The molecule has 0 spiro atoms. The molecule has 18 heavy (non-hydrogen) atoms. The zero-order chi connectivity index (χ0) is 12.6. The lowest BCUT2D eigenvalue weighted by atomic mass is 10.2. The molecule has 0 saturated carbocycles. The zero-order valence-corrected chi connectivity index (χ0v) is 10.4. The van der Waals surface area contributed by atoms with Crippen LogP contribution in [0.4, 0.5) is 5.69 Å². The molecule has 0 aliphatic rings. The van der Waals surface area contributed by atoms with Crippen LogP contribution in [0.3, 0.4) is 0 Å². The van der Waals surface area contributed by atoms with Crippen molar-refractivity contribution >= 4 is 18.0 Å². The van der Waals surface area contributed by atoms with Crippen LogP contribution in [0, 0.1) is 6.92 Å². The first-order valence-electron chi connectivity index (χ1n) is 5.92. The molecule has 0 saturated heterocycles. The Balaban J connectivity index is 1.85. The monoisotopic (exact) mass is 236 g/mol. The van der Waals surface area contributed by atoms with Crippen LogP contribution in [0.1, 0.15) is 11.1 Å². The molecule has 2 heteroatoms. The number of rotatable bonds is 4. The van der Waals surface area contributed by atoms with Crippen LogP contribution >= 0.6 is 0 Å². The molecule has 0 atom stereocenters. The SMILES string of the molecule is Cc1ccc(NN=CC=Cc2ccccc2)cc1. The topological polar surface area (TPSA) is 24.4 Å². The van der Waals surface area contributed by atoms with E-state index in [1.165, 1.54) is 11.1 Å². The van der Waals surface area contributed by atoms with Gasteiger partial charge in [0, 0.05) is 6.21 Å². The van der Waals surface area contributed by atoms with E-state index in [9.17, 15) is 0 Å². The van der Waals surface area contributed by atoms with Crippen LogP contribution in [0.2, 0.25) is 0 Å². The molecule has 0 bridgehead atoms. The summed E-state index contributed by atoms with van der Waals surface area (Å²) in [6.07, 6.45) is 5.67. The molecule has 0 unspecified atom stereocenters. The number of aryl methyl sites for hydroxylation is 1. The Morgan fingerprint density at radius 3 is 2.39 bits per heavy atom. The third-order valence-electron chi connectivity index (χ3n) is 2.49. The average molecular weight is 236 g/mol. The lowest BCUT2D eigenvalue weighted by molar-refractivity contribution is 1.34. The third kappa shape index (κ3) is 3.91. The summed E-state index contributed by atoms with van der Waals surface area (Å²) in [6.45, 7) is 2.07. The summed E-state index contributed by atoms with van der Waals surface area (Å²) in [5, 5.41) is 4.12. The minimum Gasteiger partial charge on any atom is -0.279 e. The van der Waals surface area contributed by atoms with Crippen molar-refractivity contribution in [1.82, 2.24) is 0 Å². The Bertz CT molecular complexity index is 525. The lowest BCUT2D eigenvalue weighted by Gasteiger charge is -1.98. The molecular formula is C16H16N2. The number of hydrogen-bond donors (Lipinski definition) is 1. The summed E-state index contributed by atoms with van der Waals surface area (Å²) in [5.74, 6) is 0. The molecule has 0 aromatic heterocycles. The number of anilines is 1. The van der Waals surface area contributed by atoms with Crippen molar-refractivity contribution in [1.29, 1.82) is 0 Å². The lowest BCUT2D eigenvalue weighted by Crippen LogP contribution is -1.87. The number of nitrogens with one attached hydrogen (secondary N) is 1. The highest BCUT2D eigenvalue weighted by Gasteiger charge is 1.86. The predicted octanol–water partition coefficient (Wildman–Crippen LogP) is 4.11. The highest BCUT2D eigenvalue weighted by molar-refractivity contribution is 5.78. The van der Waals surface area contributed by atoms with Crippen LogP contribution in [-0.2, 0) is 0 Å². The molecule has 0 heterocycles. The first-order valence-corrected chi connectivity index (χ1v) is 5.92. The number of allylic oxidation sites excluding steroid dienone is 1. The van der Waals surface area contributed by atoms with Gasteiger partial charge >= 0.3 is 0 Å². The van der Waals surface area contributed by atoms with Crippen LogP contribution < -0.4 is 5.43 Å². The van der Waals surface area contributed by atoms with E-state index >= 15 is 0 Å². The van der Waals surface area contributed by atoms with Gasteiger partial charge in [-0.05, 0) is 30.7 Å². The van der Waals surface area contributed by atoms with E-state index in [4.69, 9.17) is 0 Å². The van der Waals surface area contributed by atoms with Gasteiger partial charge in [-0.2, -0.15) is 5.10 Å². The fourth-order valence-corrected chi connectivity index (χ4v) is 1.50. The van der Waals surface area contributed by atoms with Crippen molar-refractivity contribution in [3.8, 4) is 0 Å². The van der Waals surface area contributed by atoms with Gasteiger partial charge in [0.05, 0.1) is 5.69 Å². The van der Waals surface area contributed by atoms with Gasteiger partial charge in [-0.3, -0.25) is 5.43 Å². The Labute approximate surface area is 108 Å². The van der Waals surface area contributed by atoms with Crippen molar-refractivity contribution in [3.63, 3.8) is 0 Å². The maximum Gasteiger partial charge on any atom is 0.0561 e. The number of hydrogen-bond acceptors (Lipinski definition) is 2. The van der Waals surface area contributed by atoms with Crippen molar-refractivity contribution < 1.29 is 0 Å². The van der Waals surface area contributed by atoms with Gasteiger partial charge in [-0.1, -0.05) is 54.1 Å². The smallest absolute Gasteiger partial charge is 0.0561 e. The summed E-state index contributed by atoms with van der Waals surface area (Å²) in [6, 6.07) is 18.3. The molecule has 0 amide bonds. The highest BCUT2D eigenvalue weighted by atomic mass is 15.3. The molecule has 2 nitrogen and oxygen atoms in total. The molecular weight excluding hydrogens is 220 g/mol. The Morgan fingerprint density at radius 2 is 1.67 bits per heavy atom. The van der Waals surface area contributed by atoms with E-state index < -0.39 is 0 Å². The Morgan fingerprint density at radius 1 is 0.944 bits per heavy atom. The van der Waals surface area contributed by atoms with E-state index in [0.29, 0.717) is 0 Å². The van der Waals surface area contributed by atoms with Gasteiger partial charge in [0.2, 0.25) is 0 Å². The maximum atomic E-state index is 4.12. The van der Waals surface area contributed by atoms with E-state index in [2.05, 4.69) is 41.7 Å². The molecule has 0 aliphatic heterocycles. The normalized spacial score (nSPS) is 11.2. The first kappa shape index (κ1) is 12.1. The summed E-state index contributed by atoms with van der Waals surface area (Å²) in [7, 11) is 0. The summed E-state index contributed by atoms with van der Waals surface area (Å²) < 4.78 is 0. The van der Waals surface area contributed by atoms with Crippen LogP contribution in [0.5, 0.6) is 0 Å². The molecule has 0 aliphatic carbocycles. The molecule has 0 radical (unpaired) electrons. The second kappa shape index (κ2) is 6.40. The van der Waals surface area contributed by atoms with Crippen molar-refractivity contribution in [3.05, 3.63) is 71.8 Å².